The number of aliphatic hydroxyl groups excluding tert-OH is 5. The summed E-state index contributed by atoms with van der Waals surface area (Å²) in [5.74, 6) is -1.34. The standard InChI is InChI=1S/C27H32N4O5.C7H17NO5/c1-2-36-16-15-30-23-14-7-6-13-22(23)25(19-9-4-3-5-10-19)29-31(27(30)35)18-24(32)28-21-12-8-11-20(17-21)26(33)34;1-8-2-4(10)6(12)7(13)5(11)3-9/h6-8,11-14,17,19H,2-5,9-10,15-16,18H2,1H3,(H,28,32)(H,33,34);4-13H,2-3H2,1H3/t;4-,5+,6+,7+/m.0/s1. The van der Waals surface area contributed by atoms with E-state index < -0.39 is 48.9 Å². The zero-order chi connectivity index (χ0) is 35.9. The summed E-state index contributed by atoms with van der Waals surface area (Å²) in [6.45, 7) is 2.26. The molecule has 270 valence electrons. The highest BCUT2D eigenvalue weighted by Gasteiger charge is 2.34. The average Bonchev–Trinajstić information content (AvgIpc) is 3.22. The number of ether oxygens (including phenoxy) is 1. The van der Waals surface area contributed by atoms with Gasteiger partial charge in [-0.25, -0.2) is 14.6 Å². The molecule has 4 atom stereocenters. The van der Waals surface area contributed by atoms with E-state index in [4.69, 9.17) is 30.3 Å². The average molecular weight is 688 g/mol. The zero-order valence-electron chi connectivity index (χ0n) is 27.9. The molecular weight excluding hydrogens is 638 g/mol. The summed E-state index contributed by atoms with van der Waals surface area (Å²) in [5, 5.41) is 65.4. The highest BCUT2D eigenvalue weighted by atomic mass is 16.5. The Kier molecular flexibility index (Phi) is 16.0. The molecule has 0 saturated heterocycles. The molecule has 0 radical (unpaired) electrons. The molecule has 15 nitrogen and oxygen atoms in total. The molecule has 1 fully saturated rings. The first kappa shape index (κ1) is 39.5. The first-order valence-corrected chi connectivity index (χ1v) is 16.5. The fourth-order valence-electron chi connectivity index (χ4n) is 5.65. The first-order valence-electron chi connectivity index (χ1n) is 16.5. The number of aliphatic hydroxyl groups is 5. The molecule has 0 bridgehead atoms. The van der Waals surface area contributed by atoms with Gasteiger partial charge in [0.2, 0.25) is 5.91 Å². The summed E-state index contributed by atoms with van der Waals surface area (Å²) in [6, 6.07) is 13.3. The Balaban J connectivity index is 0.000000425. The molecule has 2 aliphatic rings. The highest BCUT2D eigenvalue weighted by Crippen LogP contribution is 2.34. The van der Waals surface area contributed by atoms with E-state index in [1.165, 1.54) is 23.6 Å². The SMILES string of the molecule is CCOCCN1C(=O)N(CC(=O)Nc2cccc(C(=O)O)c2)N=C(C2CCCCC2)c2ccccc21.CNC[C@H](O)[C@@H](O)[C@H](O)[C@H](O)CO. The summed E-state index contributed by atoms with van der Waals surface area (Å²) in [7, 11) is 1.57. The molecule has 0 aromatic heterocycles. The zero-order valence-corrected chi connectivity index (χ0v) is 27.9. The molecule has 2 aromatic carbocycles. The summed E-state index contributed by atoms with van der Waals surface area (Å²) in [5.41, 5.74) is 2.91. The van der Waals surface area contributed by atoms with Crippen molar-refractivity contribution in [2.45, 2.75) is 63.4 Å². The van der Waals surface area contributed by atoms with Crippen molar-refractivity contribution in [1.29, 1.82) is 0 Å². The molecule has 0 spiro atoms. The number of carbonyl (C=O) groups excluding carboxylic acids is 2. The van der Waals surface area contributed by atoms with Crippen LogP contribution in [-0.2, 0) is 9.53 Å². The monoisotopic (exact) mass is 687 g/mol. The quantitative estimate of drug-likeness (QED) is 0.124. The van der Waals surface area contributed by atoms with E-state index in [9.17, 15) is 24.6 Å². The van der Waals surface area contributed by atoms with E-state index in [1.807, 2.05) is 31.2 Å². The Labute approximate surface area is 285 Å². The van der Waals surface area contributed by atoms with Gasteiger partial charge in [-0.1, -0.05) is 43.5 Å². The van der Waals surface area contributed by atoms with E-state index in [2.05, 4.69) is 10.6 Å². The molecule has 4 rings (SSSR count). The maximum absolute atomic E-state index is 13.7. The second kappa shape index (κ2) is 19.9. The Bertz CT molecular complexity index is 1400. The molecule has 1 aliphatic heterocycles. The van der Waals surface area contributed by atoms with Gasteiger partial charge >= 0.3 is 12.0 Å². The van der Waals surface area contributed by atoms with Crippen molar-refractivity contribution in [3.8, 4) is 0 Å². The van der Waals surface area contributed by atoms with Gasteiger partial charge in [-0.2, -0.15) is 5.10 Å². The lowest BCUT2D eigenvalue weighted by molar-refractivity contribution is -0.116. The van der Waals surface area contributed by atoms with E-state index >= 15 is 0 Å². The number of rotatable bonds is 15. The number of benzene rings is 2. The van der Waals surface area contributed by atoms with Gasteiger partial charge in [0.25, 0.3) is 0 Å². The lowest BCUT2D eigenvalue weighted by Crippen LogP contribution is -2.48. The van der Waals surface area contributed by atoms with Gasteiger partial charge in [0, 0.05) is 30.3 Å². The maximum Gasteiger partial charge on any atom is 0.345 e. The summed E-state index contributed by atoms with van der Waals surface area (Å²) in [6.07, 6.45) is -0.273. The number of hydrogen-bond acceptors (Lipinski definition) is 11. The molecule has 1 saturated carbocycles. The van der Waals surface area contributed by atoms with Crippen molar-refractivity contribution in [2.24, 2.45) is 11.0 Å². The first-order chi connectivity index (χ1) is 23.5. The number of carboxylic acids is 1. The van der Waals surface area contributed by atoms with Gasteiger partial charge in [0.1, 0.15) is 24.9 Å². The summed E-state index contributed by atoms with van der Waals surface area (Å²) >= 11 is 0. The number of nitrogens with one attached hydrogen (secondary N) is 2. The van der Waals surface area contributed by atoms with Gasteiger partial charge < -0.3 is 46.0 Å². The van der Waals surface area contributed by atoms with E-state index in [0.717, 1.165) is 42.6 Å². The Morgan fingerprint density at radius 3 is 2.35 bits per heavy atom. The number of hydrogen-bond donors (Lipinski definition) is 8. The van der Waals surface area contributed by atoms with Crippen molar-refractivity contribution < 1.29 is 49.8 Å². The van der Waals surface area contributed by atoms with Crippen molar-refractivity contribution in [3.05, 3.63) is 59.7 Å². The van der Waals surface area contributed by atoms with Crippen LogP contribution >= 0.6 is 0 Å². The van der Waals surface area contributed by atoms with Gasteiger partial charge in [-0.3, -0.25) is 9.69 Å². The number of carboxylic acid groups (broad SMARTS) is 1. The van der Waals surface area contributed by atoms with Crippen LogP contribution in [0.1, 0.15) is 54.9 Å². The minimum Gasteiger partial charge on any atom is -0.478 e. The fourth-order valence-corrected chi connectivity index (χ4v) is 5.65. The topological polar surface area (TPSA) is 225 Å². The van der Waals surface area contributed by atoms with Gasteiger partial charge in [-0.15, -0.1) is 0 Å². The lowest BCUT2D eigenvalue weighted by atomic mass is 9.83. The number of amides is 3. The summed E-state index contributed by atoms with van der Waals surface area (Å²) in [4.78, 5) is 39.6. The van der Waals surface area contributed by atoms with Crippen molar-refractivity contribution in [2.75, 3.05) is 56.7 Å². The number of aromatic carboxylic acids is 1. The molecule has 3 amide bonds. The second-order valence-electron chi connectivity index (χ2n) is 11.8. The molecule has 15 heteroatoms. The minimum atomic E-state index is -1.55. The number of fused-ring (bicyclic) bond motifs is 1. The molecule has 1 aliphatic carbocycles. The predicted molar refractivity (Wildman–Crippen MR) is 183 cm³/mol. The second-order valence-corrected chi connectivity index (χ2v) is 11.8. The molecular formula is C34H49N5O10. The molecule has 2 aromatic rings. The van der Waals surface area contributed by atoms with E-state index in [1.54, 1.807) is 24.1 Å². The fraction of sp³-hybridized carbons (Fsp3) is 0.529. The Hall–Kier alpha value is -3.96. The van der Waals surface area contributed by atoms with Crippen molar-refractivity contribution in [3.63, 3.8) is 0 Å². The molecule has 49 heavy (non-hydrogen) atoms. The van der Waals surface area contributed by atoms with Gasteiger partial charge in [0.15, 0.2) is 0 Å². The van der Waals surface area contributed by atoms with Crippen LogP contribution < -0.4 is 15.5 Å². The number of likely N-dealkylation sites (N-methyl/N-ethyl adjacent to an activating group) is 1. The molecule has 0 unspecified atom stereocenters. The van der Waals surface area contributed by atoms with Crippen LogP contribution in [0, 0.1) is 5.92 Å². The third-order valence-corrected chi connectivity index (χ3v) is 8.23. The van der Waals surface area contributed by atoms with Crippen LogP contribution in [0.2, 0.25) is 0 Å². The number of para-hydroxylation sites is 1. The third kappa shape index (κ3) is 11.3. The van der Waals surface area contributed by atoms with Gasteiger partial charge in [-0.05, 0) is 51.1 Å². The number of carbonyl (C=O) groups is 3. The van der Waals surface area contributed by atoms with Crippen LogP contribution in [0.25, 0.3) is 0 Å². The number of hydrazone groups is 1. The van der Waals surface area contributed by atoms with E-state index in [-0.39, 0.29) is 24.6 Å². The summed E-state index contributed by atoms with van der Waals surface area (Å²) < 4.78 is 5.53. The largest absolute Gasteiger partial charge is 0.478 e. The van der Waals surface area contributed by atoms with Crippen LogP contribution in [0.15, 0.2) is 53.6 Å². The Morgan fingerprint density at radius 1 is 1.00 bits per heavy atom. The van der Waals surface area contributed by atoms with Crippen LogP contribution in [-0.4, -0.2) is 130 Å². The number of anilines is 2. The molecule has 1 heterocycles. The number of nitrogens with zero attached hydrogens (tertiary/aromatic N) is 3. The van der Waals surface area contributed by atoms with Crippen molar-refractivity contribution >= 4 is 35.0 Å². The lowest BCUT2D eigenvalue weighted by Gasteiger charge is -2.26. The Morgan fingerprint density at radius 2 is 1.69 bits per heavy atom. The van der Waals surface area contributed by atoms with E-state index in [0.29, 0.717) is 25.4 Å². The van der Waals surface area contributed by atoms with Crippen LogP contribution in [0.4, 0.5) is 16.2 Å². The number of urea groups is 1. The van der Waals surface area contributed by atoms with Crippen LogP contribution in [0.3, 0.4) is 0 Å². The smallest absolute Gasteiger partial charge is 0.345 e. The maximum atomic E-state index is 13.7. The van der Waals surface area contributed by atoms with Crippen LogP contribution in [0.5, 0.6) is 0 Å². The predicted octanol–water partition coefficient (Wildman–Crippen LogP) is 1.23. The van der Waals surface area contributed by atoms with Gasteiger partial charge in [0.05, 0.1) is 42.8 Å². The highest BCUT2D eigenvalue weighted by molar-refractivity contribution is 6.12. The molecule has 8 N–H and O–H groups in total. The third-order valence-electron chi connectivity index (χ3n) is 8.23. The normalized spacial score (nSPS) is 17.4. The minimum absolute atomic E-state index is 0.0637. The van der Waals surface area contributed by atoms with Crippen molar-refractivity contribution in [1.82, 2.24) is 10.3 Å².